The molecule has 0 N–H and O–H groups in total. The fourth-order valence-electron chi connectivity index (χ4n) is 5.71. The van der Waals surface area contributed by atoms with E-state index >= 15 is 0 Å². The predicted octanol–water partition coefficient (Wildman–Crippen LogP) is 5.24. The number of hydrogen-bond donors (Lipinski definition) is 0. The average molecular weight is 405 g/mol. The molecule has 2 saturated heterocycles. The molecule has 0 bridgehead atoms. The molecule has 0 saturated carbocycles. The van der Waals surface area contributed by atoms with Crippen LogP contribution in [0.2, 0.25) is 0 Å². The second kappa shape index (κ2) is 8.58. The first kappa shape index (κ1) is 19.9. The Labute approximate surface area is 181 Å². The highest BCUT2D eigenvalue weighted by atomic mass is 15.2. The summed E-state index contributed by atoms with van der Waals surface area (Å²) >= 11 is 0. The summed E-state index contributed by atoms with van der Waals surface area (Å²) in [6.45, 7) is 10.7. The van der Waals surface area contributed by atoms with Crippen LogP contribution < -0.4 is 4.90 Å². The van der Waals surface area contributed by atoms with Gasteiger partial charge in [0, 0.05) is 38.2 Å². The maximum atomic E-state index is 4.41. The number of anilines is 1. The van der Waals surface area contributed by atoms with E-state index in [0.717, 1.165) is 17.5 Å². The van der Waals surface area contributed by atoms with Crippen molar-refractivity contribution in [1.82, 2.24) is 14.3 Å². The molecule has 0 unspecified atom stereocenters. The van der Waals surface area contributed by atoms with Crippen molar-refractivity contribution in [3.05, 3.63) is 53.5 Å². The van der Waals surface area contributed by atoms with Crippen LogP contribution in [0.1, 0.15) is 51.0 Å². The maximum Gasteiger partial charge on any atom is 0.137 e. The Bertz CT molecular complexity index is 937. The molecule has 0 amide bonds. The van der Waals surface area contributed by atoms with E-state index in [0.29, 0.717) is 0 Å². The van der Waals surface area contributed by atoms with E-state index in [1.165, 1.54) is 82.5 Å². The second-order valence-electron chi connectivity index (χ2n) is 9.77. The highest BCUT2D eigenvalue weighted by molar-refractivity contribution is 5.58. The smallest absolute Gasteiger partial charge is 0.137 e. The number of piperidine rings is 2. The van der Waals surface area contributed by atoms with Crippen molar-refractivity contribution in [2.45, 2.75) is 52.4 Å². The molecule has 4 nitrogen and oxygen atoms in total. The molecule has 3 aliphatic rings. The van der Waals surface area contributed by atoms with Gasteiger partial charge in [-0.3, -0.25) is 0 Å². The van der Waals surface area contributed by atoms with Crippen LogP contribution in [0.3, 0.4) is 0 Å². The standard InChI is InChI=1S/C26H36N4/c1-20-4-3-5-24(16-20)23-8-11-28(12-9-23)18-22-6-13-29(14-7-22)25-19-30-15-10-27-26(30)17-21(25)2/h5,10,15-17,19,22-23H,3-4,6-9,11-14,18H2,1-2H3. The van der Waals surface area contributed by atoms with Gasteiger partial charge in [0.05, 0.1) is 5.69 Å². The van der Waals surface area contributed by atoms with Crippen molar-refractivity contribution in [1.29, 1.82) is 0 Å². The minimum Gasteiger partial charge on any atom is -0.370 e. The molecular weight excluding hydrogens is 368 g/mol. The summed E-state index contributed by atoms with van der Waals surface area (Å²) in [7, 11) is 0. The molecule has 30 heavy (non-hydrogen) atoms. The minimum absolute atomic E-state index is 0.805. The normalized spacial score (nSPS) is 22.4. The van der Waals surface area contributed by atoms with Gasteiger partial charge in [-0.2, -0.15) is 0 Å². The summed E-state index contributed by atoms with van der Waals surface area (Å²) in [5.74, 6) is 1.66. The van der Waals surface area contributed by atoms with Crippen LogP contribution in [-0.2, 0) is 0 Å². The number of hydrogen-bond acceptors (Lipinski definition) is 3. The fraction of sp³-hybridized carbons (Fsp3) is 0.577. The van der Waals surface area contributed by atoms with Crippen molar-refractivity contribution in [3.63, 3.8) is 0 Å². The van der Waals surface area contributed by atoms with Gasteiger partial charge in [0.25, 0.3) is 0 Å². The van der Waals surface area contributed by atoms with Crippen LogP contribution in [0.5, 0.6) is 0 Å². The zero-order valence-electron chi connectivity index (χ0n) is 18.7. The molecule has 0 spiro atoms. The first-order valence-corrected chi connectivity index (χ1v) is 11.9. The number of allylic oxidation sites excluding steroid dienone is 4. The summed E-state index contributed by atoms with van der Waals surface area (Å²) in [6.07, 6.45) is 19.0. The third-order valence-corrected chi connectivity index (χ3v) is 7.57. The van der Waals surface area contributed by atoms with Crippen LogP contribution >= 0.6 is 0 Å². The summed E-state index contributed by atoms with van der Waals surface area (Å²) in [5.41, 5.74) is 6.98. The first-order chi connectivity index (χ1) is 14.7. The van der Waals surface area contributed by atoms with Crippen molar-refractivity contribution in [2.24, 2.45) is 11.8 Å². The van der Waals surface area contributed by atoms with Gasteiger partial charge in [-0.25, -0.2) is 4.98 Å². The van der Waals surface area contributed by atoms with E-state index in [1.54, 1.807) is 11.1 Å². The highest BCUT2D eigenvalue weighted by Gasteiger charge is 2.26. The monoisotopic (exact) mass is 404 g/mol. The molecule has 4 heterocycles. The lowest BCUT2D eigenvalue weighted by molar-refractivity contribution is 0.162. The van der Waals surface area contributed by atoms with Gasteiger partial charge in [0.2, 0.25) is 0 Å². The van der Waals surface area contributed by atoms with E-state index in [1.807, 2.05) is 6.20 Å². The van der Waals surface area contributed by atoms with Crippen molar-refractivity contribution in [2.75, 3.05) is 37.6 Å². The summed E-state index contributed by atoms with van der Waals surface area (Å²) in [6, 6.07) is 2.21. The number of pyridine rings is 1. The largest absolute Gasteiger partial charge is 0.370 e. The van der Waals surface area contributed by atoms with Gasteiger partial charge in [0.15, 0.2) is 0 Å². The van der Waals surface area contributed by atoms with Gasteiger partial charge < -0.3 is 14.2 Å². The highest BCUT2D eigenvalue weighted by Crippen LogP contribution is 2.32. The quantitative estimate of drug-likeness (QED) is 0.696. The Kier molecular flexibility index (Phi) is 5.68. The Morgan fingerprint density at radius 2 is 1.83 bits per heavy atom. The molecule has 0 radical (unpaired) electrons. The van der Waals surface area contributed by atoms with Gasteiger partial charge >= 0.3 is 0 Å². The van der Waals surface area contributed by atoms with E-state index in [-0.39, 0.29) is 0 Å². The SMILES string of the molecule is CC1=CC(C2CCN(CC3CCN(c4cn5ccnc5cc4C)CC3)CC2)=CCC1. The fourth-order valence-corrected chi connectivity index (χ4v) is 5.71. The van der Waals surface area contributed by atoms with Crippen molar-refractivity contribution >= 4 is 11.3 Å². The molecule has 2 aromatic rings. The topological polar surface area (TPSA) is 23.8 Å². The minimum atomic E-state index is 0.805. The Balaban J connectivity index is 1.12. The van der Waals surface area contributed by atoms with Crippen molar-refractivity contribution < 1.29 is 0 Å². The molecule has 2 fully saturated rings. The molecule has 0 atom stereocenters. The summed E-state index contributed by atoms with van der Waals surface area (Å²) in [5, 5.41) is 0. The average Bonchev–Trinajstić information content (AvgIpc) is 3.21. The van der Waals surface area contributed by atoms with Crippen LogP contribution in [0.25, 0.3) is 5.65 Å². The van der Waals surface area contributed by atoms with Gasteiger partial charge in [-0.15, -0.1) is 0 Å². The van der Waals surface area contributed by atoms with E-state index < -0.39 is 0 Å². The molecular formula is C26H36N4. The molecule has 160 valence electrons. The lowest BCUT2D eigenvalue weighted by Gasteiger charge is -2.39. The molecule has 2 aliphatic heterocycles. The second-order valence-corrected chi connectivity index (χ2v) is 9.77. The Hall–Kier alpha value is -2.07. The molecule has 4 heteroatoms. The maximum absolute atomic E-state index is 4.41. The number of rotatable bonds is 4. The predicted molar refractivity (Wildman–Crippen MR) is 125 cm³/mol. The zero-order valence-corrected chi connectivity index (χ0v) is 18.7. The molecule has 0 aromatic carbocycles. The Morgan fingerprint density at radius 1 is 1.03 bits per heavy atom. The third-order valence-electron chi connectivity index (χ3n) is 7.57. The Morgan fingerprint density at radius 3 is 2.60 bits per heavy atom. The van der Waals surface area contributed by atoms with Crippen LogP contribution in [-0.4, -0.2) is 47.0 Å². The van der Waals surface area contributed by atoms with Crippen LogP contribution in [0.15, 0.2) is 48.0 Å². The third kappa shape index (κ3) is 4.20. The summed E-state index contributed by atoms with van der Waals surface area (Å²) < 4.78 is 2.15. The van der Waals surface area contributed by atoms with Crippen molar-refractivity contribution in [3.8, 4) is 0 Å². The number of aromatic nitrogens is 2. The first-order valence-electron chi connectivity index (χ1n) is 11.9. The molecule has 1 aliphatic carbocycles. The van der Waals surface area contributed by atoms with E-state index in [4.69, 9.17) is 0 Å². The van der Waals surface area contributed by atoms with Gasteiger partial charge in [0.1, 0.15) is 5.65 Å². The molecule has 2 aromatic heterocycles. The summed E-state index contributed by atoms with van der Waals surface area (Å²) in [4.78, 5) is 9.75. The van der Waals surface area contributed by atoms with Crippen LogP contribution in [0, 0.1) is 18.8 Å². The van der Waals surface area contributed by atoms with Gasteiger partial charge in [-0.1, -0.05) is 17.7 Å². The number of nitrogens with zero attached hydrogens (tertiary/aromatic N) is 4. The van der Waals surface area contributed by atoms with Gasteiger partial charge in [-0.05, 0) is 94.5 Å². The number of aryl methyl sites for hydroxylation is 1. The number of imidazole rings is 1. The zero-order chi connectivity index (χ0) is 20.5. The molecule has 5 rings (SSSR count). The number of likely N-dealkylation sites (tertiary alicyclic amines) is 1. The lowest BCUT2D eigenvalue weighted by atomic mass is 9.84. The van der Waals surface area contributed by atoms with E-state index in [9.17, 15) is 0 Å². The van der Waals surface area contributed by atoms with E-state index in [2.05, 4.69) is 63.6 Å². The lowest BCUT2D eigenvalue weighted by Crippen LogP contribution is -2.42. The number of fused-ring (bicyclic) bond motifs is 1. The van der Waals surface area contributed by atoms with Crippen LogP contribution in [0.4, 0.5) is 5.69 Å².